The van der Waals surface area contributed by atoms with E-state index in [0.29, 0.717) is 0 Å². The van der Waals surface area contributed by atoms with Crippen molar-refractivity contribution >= 4 is 23.4 Å². The molecule has 0 aliphatic heterocycles. The zero-order valence-electron chi connectivity index (χ0n) is 12.6. The lowest BCUT2D eigenvalue weighted by molar-refractivity contribution is 0.416. The molecule has 0 amide bonds. The number of ether oxygens (including phenoxy) is 1. The Morgan fingerprint density at radius 2 is 1.74 bits per heavy atom. The second kappa shape index (κ2) is 7.49. The summed E-state index contributed by atoms with van der Waals surface area (Å²) in [4.78, 5) is 0. The van der Waals surface area contributed by atoms with E-state index in [1.165, 1.54) is 0 Å². The molecule has 23 heavy (non-hydrogen) atoms. The van der Waals surface area contributed by atoms with Crippen LogP contribution in [0.4, 0.5) is 0 Å². The van der Waals surface area contributed by atoms with Crippen LogP contribution in [0.15, 0.2) is 65.7 Å². The van der Waals surface area contributed by atoms with Crippen LogP contribution in [0.3, 0.4) is 0 Å². The fourth-order valence-corrected chi connectivity index (χ4v) is 3.26. The van der Waals surface area contributed by atoms with Gasteiger partial charge in [-0.25, -0.2) is 0 Å². The third-order valence-electron chi connectivity index (χ3n) is 3.36. The van der Waals surface area contributed by atoms with Crippen molar-refractivity contribution in [1.29, 1.82) is 0 Å². The molecule has 5 heteroatoms. The molecule has 0 unspecified atom stereocenters. The van der Waals surface area contributed by atoms with Gasteiger partial charge in [-0.1, -0.05) is 53.7 Å². The number of aromatic nitrogens is 2. The van der Waals surface area contributed by atoms with Crippen molar-refractivity contribution in [2.24, 2.45) is 0 Å². The van der Waals surface area contributed by atoms with Crippen molar-refractivity contribution in [2.45, 2.75) is 10.8 Å². The summed E-state index contributed by atoms with van der Waals surface area (Å²) in [6.07, 6.45) is 0. The van der Waals surface area contributed by atoms with Gasteiger partial charge >= 0.3 is 0 Å². The molecule has 0 bridgehead atoms. The third-order valence-corrected chi connectivity index (χ3v) is 4.69. The minimum Gasteiger partial charge on any atom is -0.496 e. The van der Waals surface area contributed by atoms with E-state index in [0.717, 1.165) is 38.4 Å². The minimum atomic E-state index is 0.766. The van der Waals surface area contributed by atoms with Crippen LogP contribution >= 0.6 is 23.4 Å². The van der Waals surface area contributed by atoms with E-state index in [-0.39, 0.29) is 0 Å². The van der Waals surface area contributed by atoms with Crippen molar-refractivity contribution in [3.05, 3.63) is 71.2 Å². The summed E-state index contributed by atoms with van der Waals surface area (Å²) >= 11 is 7.78. The van der Waals surface area contributed by atoms with Gasteiger partial charge in [0.05, 0.1) is 12.8 Å². The monoisotopic (exact) mass is 342 g/mol. The van der Waals surface area contributed by atoms with Gasteiger partial charge in [0.2, 0.25) is 0 Å². The molecule has 0 radical (unpaired) electrons. The Bertz CT molecular complexity index is 793. The van der Waals surface area contributed by atoms with Crippen LogP contribution in [0.25, 0.3) is 11.3 Å². The van der Waals surface area contributed by atoms with Crippen molar-refractivity contribution in [1.82, 2.24) is 10.2 Å². The first-order chi connectivity index (χ1) is 11.3. The van der Waals surface area contributed by atoms with E-state index in [1.807, 2.05) is 60.7 Å². The quantitative estimate of drug-likeness (QED) is 0.604. The number of rotatable bonds is 5. The largest absolute Gasteiger partial charge is 0.496 e. The lowest BCUT2D eigenvalue weighted by atomic mass is 10.1. The predicted octanol–water partition coefficient (Wildman–Crippen LogP) is 5.10. The Labute approximate surface area is 144 Å². The molecular weight excluding hydrogens is 328 g/mol. The third kappa shape index (κ3) is 3.84. The van der Waals surface area contributed by atoms with Crippen LogP contribution in [-0.2, 0) is 5.75 Å². The highest BCUT2D eigenvalue weighted by Crippen LogP contribution is 2.29. The molecule has 1 heterocycles. The zero-order valence-corrected chi connectivity index (χ0v) is 14.1. The molecule has 116 valence electrons. The molecule has 0 spiro atoms. The number of hydrogen-bond acceptors (Lipinski definition) is 4. The maximum absolute atomic E-state index is 6.17. The van der Waals surface area contributed by atoms with Crippen molar-refractivity contribution in [2.75, 3.05) is 7.11 Å². The van der Waals surface area contributed by atoms with E-state index in [9.17, 15) is 0 Å². The van der Waals surface area contributed by atoms with E-state index < -0.39 is 0 Å². The molecule has 0 atom stereocenters. The van der Waals surface area contributed by atoms with Crippen LogP contribution in [-0.4, -0.2) is 17.3 Å². The predicted molar refractivity (Wildman–Crippen MR) is 95.0 cm³/mol. The van der Waals surface area contributed by atoms with Gasteiger partial charge in [-0.2, -0.15) is 0 Å². The second-order valence-electron chi connectivity index (χ2n) is 4.84. The molecule has 3 rings (SSSR count). The molecule has 3 nitrogen and oxygen atoms in total. The molecule has 0 aliphatic rings. The van der Waals surface area contributed by atoms with E-state index in [4.69, 9.17) is 16.3 Å². The summed E-state index contributed by atoms with van der Waals surface area (Å²) in [6.45, 7) is 0. The fourth-order valence-electron chi connectivity index (χ4n) is 2.16. The number of thioether (sulfide) groups is 1. The molecule has 1 aromatic heterocycles. The number of benzene rings is 2. The molecular formula is C18H15ClN2OS. The lowest BCUT2D eigenvalue weighted by Gasteiger charge is -2.07. The van der Waals surface area contributed by atoms with E-state index >= 15 is 0 Å². The molecule has 0 N–H and O–H groups in total. The van der Waals surface area contributed by atoms with Crippen molar-refractivity contribution in [3.8, 4) is 17.0 Å². The SMILES string of the molecule is COc1ccccc1-c1ccc(SCc2ccccc2Cl)nn1. The zero-order chi connectivity index (χ0) is 16.1. The van der Waals surface area contributed by atoms with Crippen LogP contribution in [0.2, 0.25) is 5.02 Å². The second-order valence-corrected chi connectivity index (χ2v) is 6.24. The Morgan fingerprint density at radius 3 is 2.48 bits per heavy atom. The van der Waals surface area contributed by atoms with Crippen LogP contribution in [0.1, 0.15) is 5.56 Å². The maximum atomic E-state index is 6.17. The van der Waals surface area contributed by atoms with Gasteiger partial charge in [-0.3, -0.25) is 0 Å². The highest BCUT2D eigenvalue weighted by atomic mass is 35.5. The summed E-state index contributed by atoms with van der Waals surface area (Å²) in [7, 11) is 1.65. The highest BCUT2D eigenvalue weighted by Gasteiger charge is 2.08. The molecule has 0 saturated carbocycles. The first-order valence-electron chi connectivity index (χ1n) is 7.11. The summed E-state index contributed by atoms with van der Waals surface area (Å²) in [5.74, 6) is 1.56. The van der Waals surface area contributed by atoms with Crippen LogP contribution in [0.5, 0.6) is 5.75 Å². The van der Waals surface area contributed by atoms with Crippen LogP contribution in [0, 0.1) is 0 Å². The molecule has 0 saturated heterocycles. The van der Waals surface area contributed by atoms with Crippen molar-refractivity contribution in [3.63, 3.8) is 0 Å². The molecule has 2 aromatic carbocycles. The molecule has 3 aromatic rings. The maximum Gasteiger partial charge on any atom is 0.128 e. The lowest BCUT2D eigenvalue weighted by Crippen LogP contribution is -1.93. The number of hydrogen-bond donors (Lipinski definition) is 0. The molecule has 0 fully saturated rings. The average molecular weight is 343 g/mol. The molecule has 0 aliphatic carbocycles. The standard InChI is InChI=1S/C18H15ClN2OS/c1-22-17-9-5-3-7-14(17)16-10-11-18(21-20-16)23-12-13-6-2-4-8-15(13)19/h2-11H,12H2,1H3. The topological polar surface area (TPSA) is 35.0 Å². The van der Waals surface area contributed by atoms with Crippen LogP contribution < -0.4 is 4.74 Å². The summed E-state index contributed by atoms with van der Waals surface area (Å²) in [5, 5.41) is 10.2. The van der Waals surface area contributed by atoms with Gasteiger partial charge in [-0.05, 0) is 35.9 Å². The number of para-hydroxylation sites is 1. The van der Waals surface area contributed by atoms with Gasteiger partial charge < -0.3 is 4.74 Å². The van der Waals surface area contributed by atoms with Gasteiger partial charge in [0, 0.05) is 16.3 Å². The normalized spacial score (nSPS) is 10.5. The summed E-state index contributed by atoms with van der Waals surface area (Å²) < 4.78 is 5.36. The fraction of sp³-hybridized carbons (Fsp3) is 0.111. The smallest absolute Gasteiger partial charge is 0.128 e. The van der Waals surface area contributed by atoms with E-state index in [1.54, 1.807) is 18.9 Å². The Morgan fingerprint density at radius 1 is 0.957 bits per heavy atom. The first-order valence-corrected chi connectivity index (χ1v) is 8.47. The van der Waals surface area contributed by atoms with Gasteiger partial charge in [0.15, 0.2) is 0 Å². The number of halogens is 1. The number of methoxy groups -OCH3 is 1. The van der Waals surface area contributed by atoms with Gasteiger partial charge in [0.25, 0.3) is 0 Å². The Hall–Kier alpha value is -2.04. The van der Waals surface area contributed by atoms with Gasteiger partial charge in [0.1, 0.15) is 10.8 Å². The first kappa shape index (κ1) is 15.8. The highest BCUT2D eigenvalue weighted by molar-refractivity contribution is 7.98. The summed E-state index contributed by atoms with van der Waals surface area (Å²) in [6, 6.07) is 19.5. The van der Waals surface area contributed by atoms with E-state index in [2.05, 4.69) is 10.2 Å². The average Bonchev–Trinajstić information content (AvgIpc) is 2.61. The van der Waals surface area contributed by atoms with Crippen molar-refractivity contribution < 1.29 is 4.74 Å². The minimum absolute atomic E-state index is 0.766. The Balaban J connectivity index is 1.74. The summed E-state index contributed by atoms with van der Waals surface area (Å²) in [5.41, 5.74) is 2.82. The number of nitrogens with zero attached hydrogens (tertiary/aromatic N) is 2. The van der Waals surface area contributed by atoms with Gasteiger partial charge in [-0.15, -0.1) is 10.2 Å². The Kier molecular flexibility index (Phi) is 5.16.